The largest absolute Gasteiger partial charge is 0.478 e. The molecule has 0 aliphatic carbocycles. The van der Waals surface area contributed by atoms with Gasteiger partial charge < -0.3 is 10.4 Å². The number of carbonyl (C=O) groups is 2. The molecule has 0 saturated heterocycles. The second kappa shape index (κ2) is 6.60. The molecule has 0 radical (unpaired) electrons. The Bertz CT molecular complexity index is 734. The van der Waals surface area contributed by atoms with Gasteiger partial charge in [-0.25, -0.2) is 4.79 Å². The molecule has 0 aromatic heterocycles. The number of nitrogens with one attached hydrogen (secondary N) is 1. The van der Waals surface area contributed by atoms with E-state index < -0.39 is 11.9 Å². The molecular weight excluding hydrogens is 425 g/mol. The van der Waals surface area contributed by atoms with Crippen LogP contribution in [0.2, 0.25) is 5.02 Å². The number of rotatable bonds is 3. The van der Waals surface area contributed by atoms with Crippen molar-refractivity contribution in [3.8, 4) is 0 Å². The summed E-state index contributed by atoms with van der Waals surface area (Å²) in [6.07, 6.45) is 0. The fourth-order valence-corrected chi connectivity index (χ4v) is 3.20. The van der Waals surface area contributed by atoms with Gasteiger partial charge in [0, 0.05) is 19.5 Å². The third-order valence-corrected chi connectivity index (χ3v) is 3.93. The van der Waals surface area contributed by atoms with E-state index in [1.807, 2.05) is 0 Å². The molecule has 0 unspecified atom stereocenters. The first-order valence-corrected chi connectivity index (χ1v) is 7.64. The topological polar surface area (TPSA) is 66.4 Å². The van der Waals surface area contributed by atoms with Gasteiger partial charge in [0.2, 0.25) is 0 Å². The number of aromatic carboxylic acids is 1. The Morgan fingerprint density at radius 1 is 1.14 bits per heavy atom. The molecule has 0 aliphatic heterocycles. The monoisotopic (exact) mass is 431 g/mol. The number of amides is 1. The van der Waals surface area contributed by atoms with E-state index in [0.29, 0.717) is 19.5 Å². The number of hydrogen-bond acceptors (Lipinski definition) is 2. The summed E-state index contributed by atoms with van der Waals surface area (Å²) in [5, 5.41) is 12.2. The van der Waals surface area contributed by atoms with Crippen LogP contribution in [0.25, 0.3) is 0 Å². The molecule has 108 valence electrons. The van der Waals surface area contributed by atoms with Crippen molar-refractivity contribution in [3.63, 3.8) is 0 Å². The lowest BCUT2D eigenvalue weighted by Gasteiger charge is -2.11. The lowest BCUT2D eigenvalue weighted by atomic mass is 10.1. The van der Waals surface area contributed by atoms with E-state index in [-0.39, 0.29) is 11.3 Å². The van der Waals surface area contributed by atoms with Gasteiger partial charge >= 0.3 is 5.97 Å². The van der Waals surface area contributed by atoms with Gasteiger partial charge in [0.1, 0.15) is 0 Å². The van der Waals surface area contributed by atoms with Crippen molar-refractivity contribution in [2.75, 3.05) is 5.32 Å². The van der Waals surface area contributed by atoms with Crippen molar-refractivity contribution < 1.29 is 14.7 Å². The predicted octanol–water partition coefficient (Wildman–Crippen LogP) is 4.82. The Labute approximate surface area is 142 Å². The molecule has 0 aliphatic rings. The van der Waals surface area contributed by atoms with Gasteiger partial charge in [-0.3, -0.25) is 4.79 Å². The molecule has 0 spiro atoms. The molecule has 21 heavy (non-hydrogen) atoms. The molecule has 0 atom stereocenters. The lowest BCUT2D eigenvalue weighted by Crippen LogP contribution is -2.15. The zero-order chi connectivity index (χ0) is 15.6. The van der Waals surface area contributed by atoms with E-state index >= 15 is 0 Å². The zero-order valence-electron chi connectivity index (χ0n) is 10.4. The predicted molar refractivity (Wildman–Crippen MR) is 88.2 cm³/mol. The Morgan fingerprint density at radius 2 is 1.86 bits per heavy atom. The number of hydrogen-bond donors (Lipinski definition) is 2. The van der Waals surface area contributed by atoms with Crippen molar-refractivity contribution in [1.82, 2.24) is 0 Å². The number of carboxylic acid groups (broad SMARTS) is 1. The van der Waals surface area contributed by atoms with E-state index in [9.17, 15) is 14.7 Å². The summed E-state index contributed by atoms with van der Waals surface area (Å²) in [5.74, 6) is -1.58. The standard InChI is InChI=1S/C14H8Br2ClNO3/c15-8-5-10(14(20)21)12(11(16)6-8)18-13(19)7-2-1-3-9(17)4-7/h1-6H,(H,18,19)(H,20,21). The first-order chi connectivity index (χ1) is 9.88. The van der Waals surface area contributed by atoms with Crippen molar-refractivity contribution >= 4 is 61.0 Å². The van der Waals surface area contributed by atoms with Crippen LogP contribution in [0.1, 0.15) is 20.7 Å². The smallest absolute Gasteiger partial charge is 0.337 e. The highest BCUT2D eigenvalue weighted by molar-refractivity contribution is 9.11. The summed E-state index contributed by atoms with van der Waals surface area (Å²) in [5.41, 5.74) is 0.510. The van der Waals surface area contributed by atoms with Gasteiger partial charge in [0.05, 0.1) is 11.3 Å². The number of carbonyl (C=O) groups excluding carboxylic acids is 1. The van der Waals surface area contributed by atoms with Crippen molar-refractivity contribution in [3.05, 3.63) is 61.5 Å². The molecule has 2 aromatic rings. The van der Waals surface area contributed by atoms with E-state index in [1.54, 1.807) is 24.3 Å². The van der Waals surface area contributed by atoms with Crippen LogP contribution in [0.15, 0.2) is 45.3 Å². The normalized spacial score (nSPS) is 10.2. The van der Waals surface area contributed by atoms with Crippen molar-refractivity contribution in [2.24, 2.45) is 0 Å². The maximum absolute atomic E-state index is 12.2. The third kappa shape index (κ3) is 3.84. The fraction of sp³-hybridized carbons (Fsp3) is 0. The lowest BCUT2D eigenvalue weighted by molar-refractivity contribution is 0.0698. The molecule has 0 heterocycles. The SMILES string of the molecule is O=C(Nc1c(Br)cc(Br)cc1C(=O)O)c1cccc(Cl)c1. The number of benzene rings is 2. The van der Waals surface area contributed by atoms with Crippen LogP contribution in [0.3, 0.4) is 0 Å². The molecule has 7 heteroatoms. The maximum atomic E-state index is 12.2. The van der Waals surface area contributed by atoms with E-state index in [4.69, 9.17) is 11.6 Å². The van der Waals surface area contributed by atoms with E-state index in [0.717, 1.165) is 0 Å². The minimum Gasteiger partial charge on any atom is -0.478 e. The average Bonchev–Trinajstić information content (AvgIpc) is 2.41. The Hall–Kier alpha value is -1.37. The molecule has 0 bridgehead atoms. The summed E-state index contributed by atoms with van der Waals surface area (Å²) >= 11 is 12.3. The van der Waals surface area contributed by atoms with Crippen LogP contribution < -0.4 is 5.32 Å². The molecule has 4 nitrogen and oxygen atoms in total. The van der Waals surface area contributed by atoms with Crippen molar-refractivity contribution in [2.45, 2.75) is 0 Å². The van der Waals surface area contributed by atoms with E-state index in [1.165, 1.54) is 12.1 Å². The summed E-state index contributed by atoms with van der Waals surface area (Å²) < 4.78 is 1.05. The first kappa shape index (κ1) is 16.0. The number of carboxylic acids is 1. The maximum Gasteiger partial charge on any atom is 0.337 e. The van der Waals surface area contributed by atoms with Crippen molar-refractivity contribution in [1.29, 1.82) is 0 Å². The highest BCUT2D eigenvalue weighted by Gasteiger charge is 2.17. The zero-order valence-corrected chi connectivity index (χ0v) is 14.3. The van der Waals surface area contributed by atoms with Gasteiger partial charge in [-0.1, -0.05) is 33.6 Å². The first-order valence-electron chi connectivity index (χ1n) is 5.67. The van der Waals surface area contributed by atoms with Gasteiger partial charge in [-0.2, -0.15) is 0 Å². The third-order valence-electron chi connectivity index (χ3n) is 2.61. The van der Waals surface area contributed by atoms with Gasteiger partial charge in [0.25, 0.3) is 5.91 Å². The van der Waals surface area contributed by atoms with Gasteiger partial charge in [-0.15, -0.1) is 0 Å². The second-order valence-electron chi connectivity index (χ2n) is 4.08. The summed E-state index contributed by atoms with van der Waals surface area (Å²) in [6.45, 7) is 0. The molecule has 0 saturated carbocycles. The Kier molecular flexibility index (Phi) is 5.03. The number of halogens is 3. The highest BCUT2D eigenvalue weighted by Crippen LogP contribution is 2.31. The van der Waals surface area contributed by atoms with Crippen LogP contribution >= 0.6 is 43.5 Å². The second-order valence-corrected chi connectivity index (χ2v) is 6.29. The molecule has 2 N–H and O–H groups in total. The summed E-state index contributed by atoms with van der Waals surface area (Å²) in [4.78, 5) is 23.5. The van der Waals surface area contributed by atoms with Crippen LogP contribution in [-0.2, 0) is 0 Å². The van der Waals surface area contributed by atoms with Gasteiger partial charge in [-0.05, 0) is 46.3 Å². The Morgan fingerprint density at radius 3 is 2.48 bits per heavy atom. The quantitative estimate of drug-likeness (QED) is 0.730. The van der Waals surface area contributed by atoms with Crippen LogP contribution in [0.5, 0.6) is 0 Å². The van der Waals surface area contributed by atoms with Crippen LogP contribution in [0.4, 0.5) is 5.69 Å². The molecular formula is C14H8Br2ClNO3. The molecule has 1 amide bonds. The fourth-order valence-electron chi connectivity index (χ4n) is 1.68. The van der Waals surface area contributed by atoms with Gasteiger partial charge in [0.15, 0.2) is 0 Å². The highest BCUT2D eigenvalue weighted by atomic mass is 79.9. The summed E-state index contributed by atoms with van der Waals surface area (Å²) in [6, 6.07) is 9.46. The summed E-state index contributed by atoms with van der Waals surface area (Å²) in [7, 11) is 0. The molecule has 0 fully saturated rings. The van der Waals surface area contributed by atoms with E-state index in [2.05, 4.69) is 37.2 Å². The minimum absolute atomic E-state index is 0.0216. The van der Waals surface area contributed by atoms with Crippen LogP contribution in [0, 0.1) is 0 Å². The van der Waals surface area contributed by atoms with Crippen LogP contribution in [-0.4, -0.2) is 17.0 Å². The minimum atomic E-state index is -1.14. The molecule has 2 aromatic carbocycles. The Balaban J connectivity index is 2.39. The average molecular weight is 433 g/mol. The molecule has 2 rings (SSSR count). The number of anilines is 1.